The van der Waals surface area contributed by atoms with Crippen LogP contribution in [0.25, 0.3) is 0 Å². The van der Waals surface area contributed by atoms with Crippen molar-refractivity contribution in [3.8, 4) is 0 Å². The van der Waals surface area contributed by atoms with Gasteiger partial charge in [0.15, 0.2) is 0 Å². The minimum absolute atomic E-state index is 0.287. The van der Waals surface area contributed by atoms with E-state index in [1.165, 1.54) is 6.07 Å². The molecule has 16 heavy (non-hydrogen) atoms. The van der Waals surface area contributed by atoms with Gasteiger partial charge in [-0.1, -0.05) is 0 Å². The highest BCUT2D eigenvalue weighted by molar-refractivity contribution is 9.10. The molecule has 90 valence electrons. The molecule has 1 rings (SSSR count). The van der Waals surface area contributed by atoms with Crippen LogP contribution < -0.4 is 11.1 Å². The summed E-state index contributed by atoms with van der Waals surface area (Å²) >= 11 is 4.90. The van der Waals surface area contributed by atoms with Crippen LogP contribution in [0.1, 0.15) is 13.3 Å². The smallest absolute Gasteiger partial charge is 0.139 e. The average Bonchev–Trinajstić information content (AvgIpc) is 2.23. The maximum absolute atomic E-state index is 13.3. The molecule has 0 fully saturated rings. The summed E-state index contributed by atoms with van der Waals surface area (Å²) in [6.07, 6.45) is 3.10. The van der Waals surface area contributed by atoms with Gasteiger partial charge in [-0.05, 0) is 47.3 Å². The number of nitrogens with two attached hydrogens (primary N) is 1. The van der Waals surface area contributed by atoms with E-state index in [1.807, 2.05) is 0 Å². The first-order valence-electron chi connectivity index (χ1n) is 5.04. The fourth-order valence-electron chi connectivity index (χ4n) is 1.32. The second-order valence-electron chi connectivity index (χ2n) is 3.68. The number of halogens is 2. The van der Waals surface area contributed by atoms with Gasteiger partial charge in [0.25, 0.3) is 0 Å². The van der Waals surface area contributed by atoms with Crippen molar-refractivity contribution in [2.45, 2.75) is 19.4 Å². The van der Waals surface area contributed by atoms with Crippen LogP contribution in [-0.2, 0) is 0 Å². The Morgan fingerprint density at radius 3 is 2.88 bits per heavy atom. The van der Waals surface area contributed by atoms with Gasteiger partial charge in [-0.15, -0.1) is 0 Å². The maximum atomic E-state index is 13.3. The van der Waals surface area contributed by atoms with E-state index in [9.17, 15) is 4.39 Å². The van der Waals surface area contributed by atoms with Crippen LogP contribution >= 0.6 is 27.7 Å². The highest BCUT2D eigenvalue weighted by atomic mass is 79.9. The van der Waals surface area contributed by atoms with E-state index in [0.29, 0.717) is 15.8 Å². The molecule has 1 aromatic carbocycles. The molecule has 0 aromatic heterocycles. The molecule has 3 N–H and O–H groups in total. The first-order valence-corrected chi connectivity index (χ1v) is 7.23. The molecule has 5 heteroatoms. The number of hydrogen-bond acceptors (Lipinski definition) is 3. The van der Waals surface area contributed by atoms with Gasteiger partial charge < -0.3 is 11.1 Å². The van der Waals surface area contributed by atoms with E-state index >= 15 is 0 Å². The topological polar surface area (TPSA) is 38.0 Å². The fraction of sp³-hybridized carbons (Fsp3) is 0.455. The third-order valence-corrected chi connectivity index (χ3v) is 3.50. The minimum atomic E-state index is -0.297. The lowest BCUT2D eigenvalue weighted by molar-refractivity contribution is 0.621. The third kappa shape index (κ3) is 3.87. The summed E-state index contributed by atoms with van der Waals surface area (Å²) in [5.41, 5.74) is 7.02. The van der Waals surface area contributed by atoms with E-state index in [0.717, 1.165) is 12.2 Å². The van der Waals surface area contributed by atoms with Gasteiger partial charge in [-0.25, -0.2) is 4.39 Å². The van der Waals surface area contributed by atoms with Crippen molar-refractivity contribution in [3.05, 3.63) is 22.4 Å². The van der Waals surface area contributed by atoms with Crippen LogP contribution in [0.2, 0.25) is 0 Å². The molecular weight excluding hydrogens is 291 g/mol. The molecule has 0 aliphatic carbocycles. The number of anilines is 2. The Bertz CT molecular complexity index is 360. The number of rotatable bonds is 5. The zero-order chi connectivity index (χ0) is 12.1. The Morgan fingerprint density at radius 1 is 1.56 bits per heavy atom. The largest absolute Gasteiger partial charge is 0.397 e. The number of nitrogen functional groups attached to an aromatic ring is 1. The van der Waals surface area contributed by atoms with E-state index in [4.69, 9.17) is 5.73 Å². The monoisotopic (exact) mass is 306 g/mol. The van der Waals surface area contributed by atoms with Crippen LogP contribution in [-0.4, -0.2) is 18.1 Å². The first kappa shape index (κ1) is 13.6. The summed E-state index contributed by atoms with van der Waals surface area (Å²) in [5.74, 6) is 0.779. The van der Waals surface area contributed by atoms with Gasteiger partial charge >= 0.3 is 0 Å². The van der Waals surface area contributed by atoms with Gasteiger partial charge in [0.2, 0.25) is 0 Å². The molecule has 0 aliphatic heterocycles. The molecule has 1 aromatic rings. The predicted octanol–water partition coefficient (Wildman–Crippen LogP) is 3.72. The SMILES string of the molecule is CSCCC(C)Nc1cc(F)c(Br)cc1N. The lowest BCUT2D eigenvalue weighted by atomic mass is 10.2. The molecule has 0 saturated carbocycles. The molecule has 0 amide bonds. The molecule has 0 radical (unpaired) electrons. The van der Waals surface area contributed by atoms with E-state index < -0.39 is 0 Å². The van der Waals surface area contributed by atoms with Gasteiger partial charge in [0.05, 0.1) is 15.8 Å². The number of nitrogens with one attached hydrogen (secondary N) is 1. The fourth-order valence-corrected chi connectivity index (χ4v) is 2.27. The molecule has 0 saturated heterocycles. The summed E-state index contributed by atoms with van der Waals surface area (Å²) in [4.78, 5) is 0. The minimum Gasteiger partial charge on any atom is -0.397 e. The Morgan fingerprint density at radius 2 is 2.25 bits per heavy atom. The number of hydrogen-bond donors (Lipinski definition) is 2. The Kier molecular flexibility index (Phi) is 5.41. The normalized spacial score (nSPS) is 12.5. The average molecular weight is 307 g/mol. The third-order valence-electron chi connectivity index (χ3n) is 2.25. The lowest BCUT2D eigenvalue weighted by Crippen LogP contribution is -2.17. The number of thioether (sulfide) groups is 1. The highest BCUT2D eigenvalue weighted by Gasteiger charge is 2.08. The summed E-state index contributed by atoms with van der Waals surface area (Å²) < 4.78 is 13.7. The van der Waals surface area contributed by atoms with Crippen LogP contribution in [0, 0.1) is 5.82 Å². The Labute approximate surface area is 108 Å². The predicted molar refractivity (Wildman–Crippen MR) is 74.6 cm³/mol. The van der Waals surface area contributed by atoms with Crippen molar-refractivity contribution in [2.24, 2.45) is 0 Å². The van der Waals surface area contributed by atoms with Crippen LogP contribution in [0.3, 0.4) is 0 Å². The van der Waals surface area contributed by atoms with Crippen molar-refractivity contribution in [1.29, 1.82) is 0 Å². The summed E-state index contributed by atoms with van der Waals surface area (Å²) in [6.45, 7) is 2.07. The van der Waals surface area contributed by atoms with Crippen LogP contribution in [0.4, 0.5) is 15.8 Å². The highest BCUT2D eigenvalue weighted by Crippen LogP contribution is 2.27. The Hall–Kier alpha value is -0.420. The van der Waals surface area contributed by atoms with Gasteiger partial charge in [0.1, 0.15) is 5.82 Å². The van der Waals surface area contributed by atoms with E-state index in [-0.39, 0.29) is 11.9 Å². The zero-order valence-corrected chi connectivity index (χ0v) is 11.8. The molecular formula is C11H16BrFN2S. The van der Waals surface area contributed by atoms with Crippen molar-refractivity contribution >= 4 is 39.1 Å². The van der Waals surface area contributed by atoms with Gasteiger partial charge in [-0.2, -0.15) is 11.8 Å². The molecule has 0 aliphatic rings. The summed E-state index contributed by atoms with van der Waals surface area (Å²) in [6, 6.07) is 3.30. The summed E-state index contributed by atoms with van der Waals surface area (Å²) in [5, 5.41) is 3.21. The van der Waals surface area contributed by atoms with Crippen molar-refractivity contribution < 1.29 is 4.39 Å². The molecule has 0 bridgehead atoms. The first-order chi connectivity index (χ1) is 7.54. The molecule has 1 atom stereocenters. The van der Waals surface area contributed by atoms with Gasteiger partial charge in [0, 0.05) is 12.1 Å². The lowest BCUT2D eigenvalue weighted by Gasteiger charge is -2.16. The van der Waals surface area contributed by atoms with Crippen molar-refractivity contribution in [3.63, 3.8) is 0 Å². The molecule has 2 nitrogen and oxygen atoms in total. The maximum Gasteiger partial charge on any atom is 0.139 e. The summed E-state index contributed by atoms with van der Waals surface area (Å²) in [7, 11) is 0. The van der Waals surface area contributed by atoms with Crippen molar-refractivity contribution in [2.75, 3.05) is 23.1 Å². The second-order valence-corrected chi connectivity index (χ2v) is 5.52. The molecule has 0 spiro atoms. The zero-order valence-electron chi connectivity index (χ0n) is 9.39. The number of benzene rings is 1. The van der Waals surface area contributed by atoms with E-state index in [1.54, 1.807) is 17.8 Å². The molecule has 0 heterocycles. The molecule has 1 unspecified atom stereocenters. The van der Waals surface area contributed by atoms with Crippen LogP contribution in [0.5, 0.6) is 0 Å². The van der Waals surface area contributed by atoms with Crippen molar-refractivity contribution in [1.82, 2.24) is 0 Å². The Balaban J connectivity index is 2.69. The standard InChI is InChI=1S/C11H16BrFN2S/c1-7(3-4-16-2)15-11-6-9(13)8(12)5-10(11)14/h5-7,15H,3-4,14H2,1-2H3. The second kappa shape index (κ2) is 6.35. The van der Waals surface area contributed by atoms with E-state index in [2.05, 4.69) is 34.4 Å². The van der Waals surface area contributed by atoms with Gasteiger partial charge in [-0.3, -0.25) is 0 Å². The van der Waals surface area contributed by atoms with Crippen LogP contribution in [0.15, 0.2) is 16.6 Å². The quantitative estimate of drug-likeness (QED) is 0.814.